The lowest BCUT2D eigenvalue weighted by molar-refractivity contribution is 0.585. The third-order valence-electron chi connectivity index (χ3n) is 3.88. The lowest BCUT2D eigenvalue weighted by Crippen LogP contribution is -1.90. The third kappa shape index (κ3) is 3.14. The molecule has 116 valence electrons. The first-order chi connectivity index (χ1) is 11.1. The normalized spacial score (nSPS) is 10.8. The molecule has 23 heavy (non-hydrogen) atoms. The van der Waals surface area contributed by atoms with E-state index in [1.165, 1.54) is 17.7 Å². The van der Waals surface area contributed by atoms with Crippen LogP contribution in [0.3, 0.4) is 0 Å². The van der Waals surface area contributed by atoms with Crippen LogP contribution in [0.25, 0.3) is 22.3 Å². The van der Waals surface area contributed by atoms with E-state index in [4.69, 9.17) is 0 Å². The molecular weight excluding hydrogens is 297 g/mol. The van der Waals surface area contributed by atoms with Gasteiger partial charge in [0.1, 0.15) is 17.5 Å². The summed E-state index contributed by atoms with van der Waals surface area (Å²) >= 11 is 0. The topological polar surface area (TPSA) is 0 Å². The van der Waals surface area contributed by atoms with Crippen molar-refractivity contribution in [2.24, 2.45) is 0 Å². The molecule has 0 aliphatic carbocycles. The molecule has 3 rings (SSSR count). The van der Waals surface area contributed by atoms with Crippen molar-refractivity contribution in [1.29, 1.82) is 0 Å². The smallest absolute Gasteiger partial charge is 0.133 e. The summed E-state index contributed by atoms with van der Waals surface area (Å²) in [6, 6.07) is 15.5. The number of hydrogen-bond acceptors (Lipinski definition) is 0. The molecule has 0 atom stereocenters. The maximum absolute atomic E-state index is 14.4. The predicted molar refractivity (Wildman–Crippen MR) is 86.6 cm³/mol. The van der Waals surface area contributed by atoms with Gasteiger partial charge in [0.2, 0.25) is 0 Å². The summed E-state index contributed by atoms with van der Waals surface area (Å²) in [7, 11) is 0. The molecular formula is C20H15F3. The zero-order valence-electron chi connectivity index (χ0n) is 12.6. The van der Waals surface area contributed by atoms with Crippen molar-refractivity contribution < 1.29 is 13.2 Å². The molecule has 0 fully saturated rings. The molecule has 0 heterocycles. The Labute approximate surface area is 133 Å². The Kier molecular flexibility index (Phi) is 4.20. The molecule has 0 aliphatic rings. The Bertz CT molecular complexity index is 836. The molecule has 0 N–H and O–H groups in total. The summed E-state index contributed by atoms with van der Waals surface area (Å²) in [4.78, 5) is 0. The molecule has 0 nitrogen and oxygen atoms in total. The Hall–Kier alpha value is -2.55. The summed E-state index contributed by atoms with van der Waals surface area (Å²) in [6.07, 6.45) is 0.922. The second-order valence-electron chi connectivity index (χ2n) is 5.37. The van der Waals surface area contributed by atoms with E-state index in [9.17, 15) is 13.2 Å². The zero-order valence-corrected chi connectivity index (χ0v) is 12.6. The molecule has 0 unspecified atom stereocenters. The average Bonchev–Trinajstić information content (AvgIpc) is 2.55. The van der Waals surface area contributed by atoms with E-state index in [0.717, 1.165) is 24.1 Å². The second kappa shape index (κ2) is 6.29. The highest BCUT2D eigenvalue weighted by Crippen LogP contribution is 2.29. The maximum Gasteiger partial charge on any atom is 0.133 e. The van der Waals surface area contributed by atoms with Gasteiger partial charge in [-0.05, 0) is 41.3 Å². The fraction of sp³-hybridized carbons (Fsp3) is 0.100. The lowest BCUT2D eigenvalue weighted by Gasteiger charge is -2.08. The Balaban J connectivity index is 2.00. The van der Waals surface area contributed by atoms with Crippen molar-refractivity contribution in [2.75, 3.05) is 0 Å². The van der Waals surface area contributed by atoms with Crippen LogP contribution in [0, 0.1) is 17.5 Å². The van der Waals surface area contributed by atoms with Gasteiger partial charge in [-0.1, -0.05) is 43.3 Å². The van der Waals surface area contributed by atoms with Gasteiger partial charge in [-0.3, -0.25) is 0 Å². The Morgan fingerprint density at radius 2 is 1.22 bits per heavy atom. The molecule has 0 aromatic heterocycles. The maximum atomic E-state index is 14.4. The minimum Gasteiger partial charge on any atom is -0.207 e. The molecule has 0 radical (unpaired) electrons. The van der Waals surface area contributed by atoms with E-state index in [1.807, 2.05) is 24.3 Å². The van der Waals surface area contributed by atoms with Gasteiger partial charge in [0.15, 0.2) is 0 Å². The fourth-order valence-corrected chi connectivity index (χ4v) is 2.56. The van der Waals surface area contributed by atoms with E-state index >= 15 is 0 Å². The lowest BCUT2D eigenvalue weighted by atomic mass is 9.98. The summed E-state index contributed by atoms with van der Waals surface area (Å²) in [6.45, 7) is 2.06. The molecule has 0 amide bonds. The number of rotatable bonds is 3. The average molecular weight is 312 g/mol. The molecule has 0 saturated heterocycles. The van der Waals surface area contributed by atoms with E-state index in [0.29, 0.717) is 11.1 Å². The van der Waals surface area contributed by atoms with Crippen molar-refractivity contribution in [3.63, 3.8) is 0 Å². The van der Waals surface area contributed by atoms with Crippen LogP contribution in [0.5, 0.6) is 0 Å². The quantitative estimate of drug-likeness (QED) is 0.556. The minimum absolute atomic E-state index is 0.179. The number of aryl methyl sites for hydroxylation is 1. The molecule has 3 aromatic rings. The van der Waals surface area contributed by atoms with Crippen molar-refractivity contribution in [2.45, 2.75) is 13.3 Å². The minimum atomic E-state index is -0.704. The third-order valence-corrected chi connectivity index (χ3v) is 3.88. The van der Waals surface area contributed by atoms with Gasteiger partial charge in [-0.25, -0.2) is 13.2 Å². The highest BCUT2D eigenvalue weighted by atomic mass is 19.1. The van der Waals surface area contributed by atoms with Crippen LogP contribution in [0.4, 0.5) is 13.2 Å². The van der Waals surface area contributed by atoms with Gasteiger partial charge < -0.3 is 0 Å². The summed E-state index contributed by atoms with van der Waals surface area (Å²) in [5.41, 5.74) is 2.97. The van der Waals surface area contributed by atoms with Crippen LogP contribution in [0.2, 0.25) is 0 Å². The molecule has 0 spiro atoms. The first-order valence-electron chi connectivity index (χ1n) is 7.43. The van der Waals surface area contributed by atoms with Crippen LogP contribution in [-0.2, 0) is 6.42 Å². The number of halogens is 3. The second-order valence-corrected chi connectivity index (χ2v) is 5.37. The first-order valence-corrected chi connectivity index (χ1v) is 7.43. The Morgan fingerprint density at radius 1 is 0.652 bits per heavy atom. The number of benzene rings is 3. The van der Waals surface area contributed by atoms with E-state index in [2.05, 4.69) is 6.92 Å². The number of hydrogen-bond donors (Lipinski definition) is 0. The van der Waals surface area contributed by atoms with E-state index in [-0.39, 0.29) is 5.56 Å². The monoisotopic (exact) mass is 312 g/mol. The zero-order chi connectivity index (χ0) is 16.4. The van der Waals surface area contributed by atoms with Crippen molar-refractivity contribution in [3.05, 3.63) is 83.7 Å². The van der Waals surface area contributed by atoms with Gasteiger partial charge in [-0.2, -0.15) is 0 Å². The predicted octanol–water partition coefficient (Wildman–Crippen LogP) is 6.00. The van der Waals surface area contributed by atoms with Gasteiger partial charge >= 0.3 is 0 Å². The fourth-order valence-electron chi connectivity index (χ4n) is 2.56. The molecule has 0 aliphatic heterocycles. The highest BCUT2D eigenvalue weighted by Gasteiger charge is 2.11. The molecule has 0 saturated carbocycles. The van der Waals surface area contributed by atoms with Crippen LogP contribution < -0.4 is 0 Å². The van der Waals surface area contributed by atoms with Crippen molar-refractivity contribution >= 4 is 0 Å². The molecule has 0 bridgehead atoms. The molecule has 3 heteroatoms. The SMILES string of the molecule is CCc1ccc(-c2ccc(-c3ccc(F)cc3F)cc2F)cc1. The van der Waals surface area contributed by atoms with Crippen LogP contribution >= 0.6 is 0 Å². The van der Waals surface area contributed by atoms with E-state index < -0.39 is 17.5 Å². The van der Waals surface area contributed by atoms with Crippen molar-refractivity contribution in [3.8, 4) is 22.3 Å². The highest BCUT2D eigenvalue weighted by molar-refractivity contribution is 5.71. The van der Waals surface area contributed by atoms with Gasteiger partial charge in [0.25, 0.3) is 0 Å². The van der Waals surface area contributed by atoms with Gasteiger partial charge in [0, 0.05) is 17.2 Å². The van der Waals surface area contributed by atoms with Crippen LogP contribution in [0.15, 0.2) is 60.7 Å². The summed E-state index contributed by atoms with van der Waals surface area (Å²) in [5, 5.41) is 0. The Morgan fingerprint density at radius 3 is 1.83 bits per heavy atom. The van der Waals surface area contributed by atoms with Crippen molar-refractivity contribution in [1.82, 2.24) is 0 Å². The molecule has 3 aromatic carbocycles. The summed E-state index contributed by atoms with van der Waals surface area (Å²) in [5.74, 6) is -1.79. The van der Waals surface area contributed by atoms with Crippen LogP contribution in [0.1, 0.15) is 12.5 Å². The first kappa shape index (κ1) is 15.3. The van der Waals surface area contributed by atoms with Crippen LogP contribution in [-0.4, -0.2) is 0 Å². The van der Waals surface area contributed by atoms with Gasteiger partial charge in [-0.15, -0.1) is 0 Å². The standard InChI is InChI=1S/C20H15F3/c1-2-13-3-5-14(6-4-13)17-9-7-15(11-19(17)22)18-10-8-16(21)12-20(18)23/h3-12H,2H2,1H3. The largest absolute Gasteiger partial charge is 0.207 e. The van der Waals surface area contributed by atoms with Gasteiger partial charge in [0.05, 0.1) is 0 Å². The summed E-state index contributed by atoms with van der Waals surface area (Å²) < 4.78 is 41.2. The van der Waals surface area contributed by atoms with E-state index in [1.54, 1.807) is 12.1 Å².